The molecular weight excluding hydrogens is 170 g/mol. The molecule has 0 fully saturated rings. The lowest BCUT2D eigenvalue weighted by Crippen LogP contribution is -2.02. The SMILES string of the molecule is Cn1nnc(NCc2ccn[nH]2)n1. The van der Waals surface area contributed by atoms with Crippen LogP contribution in [0.4, 0.5) is 5.95 Å². The van der Waals surface area contributed by atoms with Crippen molar-refractivity contribution in [1.29, 1.82) is 0 Å². The van der Waals surface area contributed by atoms with Crippen molar-refractivity contribution in [3.63, 3.8) is 0 Å². The topological polar surface area (TPSA) is 84.3 Å². The van der Waals surface area contributed by atoms with E-state index < -0.39 is 0 Å². The number of nitrogens with zero attached hydrogens (tertiary/aromatic N) is 5. The van der Waals surface area contributed by atoms with Crippen LogP contribution in [-0.2, 0) is 13.6 Å². The molecule has 0 atom stereocenters. The van der Waals surface area contributed by atoms with Crippen LogP contribution >= 0.6 is 0 Å². The van der Waals surface area contributed by atoms with Crippen molar-refractivity contribution < 1.29 is 0 Å². The summed E-state index contributed by atoms with van der Waals surface area (Å²) >= 11 is 0. The number of hydrogen-bond donors (Lipinski definition) is 2. The Hall–Kier alpha value is -1.92. The first-order valence-corrected chi connectivity index (χ1v) is 3.81. The first-order chi connectivity index (χ1) is 6.34. The van der Waals surface area contributed by atoms with Crippen molar-refractivity contribution in [3.05, 3.63) is 18.0 Å². The zero-order chi connectivity index (χ0) is 9.10. The minimum Gasteiger partial charge on any atom is -0.346 e. The van der Waals surface area contributed by atoms with Gasteiger partial charge in [-0.2, -0.15) is 9.90 Å². The summed E-state index contributed by atoms with van der Waals surface area (Å²) in [5, 5.41) is 21.0. The number of tetrazole rings is 1. The van der Waals surface area contributed by atoms with Crippen LogP contribution in [0, 0.1) is 0 Å². The van der Waals surface area contributed by atoms with Crippen LogP contribution in [0.5, 0.6) is 0 Å². The predicted molar refractivity (Wildman–Crippen MR) is 44.7 cm³/mol. The molecule has 7 nitrogen and oxygen atoms in total. The summed E-state index contributed by atoms with van der Waals surface area (Å²) in [6, 6.07) is 1.88. The Balaban J connectivity index is 1.93. The number of aromatic nitrogens is 6. The molecule has 0 saturated heterocycles. The Kier molecular flexibility index (Phi) is 1.91. The molecule has 68 valence electrons. The van der Waals surface area contributed by atoms with Gasteiger partial charge in [0.1, 0.15) is 0 Å². The van der Waals surface area contributed by atoms with Crippen molar-refractivity contribution in [1.82, 2.24) is 30.4 Å². The highest BCUT2D eigenvalue weighted by molar-refractivity contribution is 5.20. The van der Waals surface area contributed by atoms with Crippen LogP contribution in [-0.4, -0.2) is 30.4 Å². The van der Waals surface area contributed by atoms with E-state index in [0.29, 0.717) is 12.5 Å². The molecule has 2 aromatic heterocycles. The molecular formula is C6H9N7. The minimum atomic E-state index is 0.511. The van der Waals surface area contributed by atoms with E-state index in [2.05, 4.69) is 30.9 Å². The van der Waals surface area contributed by atoms with Crippen molar-refractivity contribution >= 4 is 5.95 Å². The van der Waals surface area contributed by atoms with Crippen molar-refractivity contribution in [3.8, 4) is 0 Å². The van der Waals surface area contributed by atoms with E-state index in [1.807, 2.05) is 6.07 Å². The van der Waals surface area contributed by atoms with Gasteiger partial charge in [0.05, 0.1) is 19.3 Å². The highest BCUT2D eigenvalue weighted by atomic mass is 15.6. The number of anilines is 1. The third kappa shape index (κ3) is 1.81. The Morgan fingerprint density at radius 2 is 2.54 bits per heavy atom. The molecule has 0 amide bonds. The lowest BCUT2D eigenvalue weighted by molar-refractivity contribution is 0.630. The first kappa shape index (κ1) is 7.71. The maximum atomic E-state index is 3.96. The van der Waals surface area contributed by atoms with Gasteiger partial charge in [0, 0.05) is 6.20 Å². The monoisotopic (exact) mass is 179 g/mol. The molecule has 0 aliphatic heterocycles. The third-order valence-corrected chi connectivity index (χ3v) is 1.50. The van der Waals surface area contributed by atoms with Crippen molar-refractivity contribution in [2.75, 3.05) is 5.32 Å². The lowest BCUT2D eigenvalue weighted by atomic mass is 10.4. The van der Waals surface area contributed by atoms with Crippen LogP contribution in [0.15, 0.2) is 12.3 Å². The summed E-state index contributed by atoms with van der Waals surface area (Å²) in [5.41, 5.74) is 0.979. The van der Waals surface area contributed by atoms with Crippen LogP contribution in [0.25, 0.3) is 0 Å². The molecule has 0 aliphatic rings. The van der Waals surface area contributed by atoms with Gasteiger partial charge < -0.3 is 5.32 Å². The molecule has 7 heteroatoms. The van der Waals surface area contributed by atoms with Gasteiger partial charge in [-0.15, -0.1) is 5.10 Å². The van der Waals surface area contributed by atoms with Crippen LogP contribution in [0.2, 0.25) is 0 Å². The Morgan fingerprint density at radius 1 is 1.62 bits per heavy atom. The fourth-order valence-electron chi connectivity index (χ4n) is 0.912. The number of rotatable bonds is 3. The molecule has 2 aromatic rings. The zero-order valence-corrected chi connectivity index (χ0v) is 7.10. The van der Waals surface area contributed by atoms with Gasteiger partial charge in [0.2, 0.25) is 0 Å². The quantitative estimate of drug-likeness (QED) is 0.666. The number of nitrogens with one attached hydrogen (secondary N) is 2. The number of hydrogen-bond acceptors (Lipinski definition) is 5. The van der Waals surface area contributed by atoms with E-state index in [4.69, 9.17) is 0 Å². The Morgan fingerprint density at radius 3 is 3.15 bits per heavy atom. The minimum absolute atomic E-state index is 0.511. The van der Waals surface area contributed by atoms with E-state index in [1.54, 1.807) is 13.2 Å². The normalized spacial score (nSPS) is 10.2. The average molecular weight is 179 g/mol. The fraction of sp³-hybridized carbons (Fsp3) is 0.333. The second kappa shape index (κ2) is 3.21. The second-order valence-corrected chi connectivity index (χ2v) is 2.54. The number of H-pyrrole nitrogens is 1. The van der Waals surface area contributed by atoms with Gasteiger partial charge >= 0.3 is 0 Å². The van der Waals surface area contributed by atoms with Crippen LogP contribution in [0.1, 0.15) is 5.69 Å². The molecule has 13 heavy (non-hydrogen) atoms. The molecule has 0 radical (unpaired) electrons. The summed E-state index contributed by atoms with van der Waals surface area (Å²) < 4.78 is 0. The number of aromatic amines is 1. The summed E-state index contributed by atoms with van der Waals surface area (Å²) in [7, 11) is 1.72. The predicted octanol–water partition coefficient (Wildman–Crippen LogP) is -0.455. The lowest BCUT2D eigenvalue weighted by Gasteiger charge is -1.96. The van der Waals surface area contributed by atoms with E-state index in [9.17, 15) is 0 Å². The van der Waals surface area contributed by atoms with Gasteiger partial charge in [-0.1, -0.05) is 5.10 Å². The Labute approximate surface area is 74.1 Å². The van der Waals surface area contributed by atoms with E-state index in [1.165, 1.54) is 4.80 Å². The summed E-state index contributed by atoms with van der Waals surface area (Å²) in [6.45, 7) is 0.617. The van der Waals surface area contributed by atoms with Crippen molar-refractivity contribution in [2.45, 2.75) is 6.54 Å². The van der Waals surface area contributed by atoms with Crippen LogP contribution < -0.4 is 5.32 Å². The second-order valence-electron chi connectivity index (χ2n) is 2.54. The maximum absolute atomic E-state index is 3.96. The molecule has 0 aromatic carbocycles. The summed E-state index contributed by atoms with van der Waals surface area (Å²) in [5.74, 6) is 0.511. The third-order valence-electron chi connectivity index (χ3n) is 1.50. The molecule has 2 rings (SSSR count). The molecule has 0 unspecified atom stereocenters. The molecule has 0 saturated carbocycles. The molecule has 0 aliphatic carbocycles. The zero-order valence-electron chi connectivity index (χ0n) is 7.10. The maximum Gasteiger partial charge on any atom is 0.263 e. The van der Waals surface area contributed by atoms with E-state index in [0.717, 1.165) is 5.69 Å². The molecule has 0 bridgehead atoms. The van der Waals surface area contributed by atoms with Gasteiger partial charge in [0.25, 0.3) is 5.95 Å². The summed E-state index contributed by atoms with van der Waals surface area (Å²) in [6.07, 6.45) is 1.70. The smallest absolute Gasteiger partial charge is 0.263 e. The van der Waals surface area contributed by atoms with E-state index >= 15 is 0 Å². The first-order valence-electron chi connectivity index (χ1n) is 3.81. The fourth-order valence-corrected chi connectivity index (χ4v) is 0.912. The Bertz CT molecular complexity index is 362. The van der Waals surface area contributed by atoms with Gasteiger partial charge in [-0.3, -0.25) is 5.10 Å². The van der Waals surface area contributed by atoms with E-state index in [-0.39, 0.29) is 0 Å². The van der Waals surface area contributed by atoms with Gasteiger partial charge in [0.15, 0.2) is 0 Å². The van der Waals surface area contributed by atoms with Gasteiger partial charge in [-0.25, -0.2) is 0 Å². The molecule has 0 spiro atoms. The molecule has 2 heterocycles. The highest BCUT2D eigenvalue weighted by Crippen LogP contribution is 1.97. The highest BCUT2D eigenvalue weighted by Gasteiger charge is 1.98. The van der Waals surface area contributed by atoms with Crippen LogP contribution in [0.3, 0.4) is 0 Å². The number of aryl methyl sites for hydroxylation is 1. The summed E-state index contributed by atoms with van der Waals surface area (Å²) in [4.78, 5) is 1.40. The van der Waals surface area contributed by atoms with Crippen molar-refractivity contribution in [2.24, 2.45) is 7.05 Å². The van der Waals surface area contributed by atoms with Gasteiger partial charge in [-0.05, 0) is 11.3 Å². The average Bonchev–Trinajstić information content (AvgIpc) is 2.71. The largest absolute Gasteiger partial charge is 0.346 e. The molecule has 2 N–H and O–H groups in total. The standard InChI is InChI=1S/C6H9N7/c1-13-11-6(10-12-13)7-4-5-2-3-8-9-5/h2-3H,4H2,1H3,(H,7,11)(H,8,9).